The van der Waals surface area contributed by atoms with E-state index < -0.39 is 4.75 Å². The van der Waals surface area contributed by atoms with Crippen molar-refractivity contribution in [2.24, 2.45) is 4.99 Å². The molecule has 100 valence electrons. The molecule has 0 saturated carbocycles. The van der Waals surface area contributed by atoms with Gasteiger partial charge in [-0.1, -0.05) is 30.0 Å². The summed E-state index contributed by atoms with van der Waals surface area (Å²) < 4.78 is -0.429. The number of hydrogen-bond donors (Lipinski definition) is 0. The molecule has 1 atom stereocenters. The molecular formula is C15H18N2OS. The number of aryl methyl sites for hydroxylation is 1. The van der Waals surface area contributed by atoms with Crippen LogP contribution >= 0.6 is 11.8 Å². The number of fused-ring (bicyclic) bond motifs is 1. The van der Waals surface area contributed by atoms with Crippen LogP contribution in [-0.2, 0) is 11.2 Å². The van der Waals surface area contributed by atoms with Crippen molar-refractivity contribution in [1.29, 1.82) is 0 Å². The molecule has 0 saturated heterocycles. The van der Waals surface area contributed by atoms with Crippen molar-refractivity contribution in [1.82, 2.24) is 0 Å². The van der Waals surface area contributed by atoms with E-state index in [0.717, 1.165) is 18.0 Å². The fourth-order valence-corrected chi connectivity index (χ4v) is 3.69. The van der Waals surface area contributed by atoms with Gasteiger partial charge in [-0.2, -0.15) is 4.99 Å². The van der Waals surface area contributed by atoms with Crippen LogP contribution in [0.1, 0.15) is 32.8 Å². The minimum Gasteiger partial charge on any atom is -0.318 e. The Hall–Kier alpha value is -1.29. The summed E-state index contributed by atoms with van der Waals surface area (Å²) in [6.45, 7) is 6.09. The second kappa shape index (κ2) is 4.37. The summed E-state index contributed by atoms with van der Waals surface area (Å²) in [5.41, 5.74) is 2.55. The van der Waals surface area contributed by atoms with Crippen LogP contribution in [0.25, 0.3) is 0 Å². The monoisotopic (exact) mass is 274 g/mol. The van der Waals surface area contributed by atoms with Crippen LogP contribution in [0.15, 0.2) is 29.3 Å². The van der Waals surface area contributed by atoms with Gasteiger partial charge in [0.05, 0.1) is 4.75 Å². The number of amidine groups is 1. The lowest BCUT2D eigenvalue weighted by atomic mass is 9.97. The van der Waals surface area contributed by atoms with Crippen molar-refractivity contribution in [2.45, 2.75) is 44.4 Å². The van der Waals surface area contributed by atoms with Crippen molar-refractivity contribution in [3.63, 3.8) is 0 Å². The Labute approximate surface area is 118 Å². The Kier molecular flexibility index (Phi) is 2.93. The maximum absolute atomic E-state index is 11.9. The number of benzene rings is 1. The molecule has 0 fully saturated rings. The number of thioether (sulfide) groups is 1. The summed E-state index contributed by atoms with van der Waals surface area (Å²) in [4.78, 5) is 18.4. The Bertz CT molecular complexity index is 565. The Balaban J connectivity index is 2.02. The highest BCUT2D eigenvalue weighted by Crippen LogP contribution is 2.40. The van der Waals surface area contributed by atoms with Gasteiger partial charge in [-0.3, -0.25) is 4.79 Å². The molecule has 1 aromatic carbocycles. The Morgan fingerprint density at radius 1 is 1.37 bits per heavy atom. The third-order valence-electron chi connectivity index (χ3n) is 3.79. The van der Waals surface area contributed by atoms with E-state index in [2.05, 4.69) is 41.1 Å². The number of nitrogens with zero attached hydrogens (tertiary/aromatic N) is 2. The van der Waals surface area contributed by atoms with Gasteiger partial charge in [-0.05, 0) is 45.2 Å². The third-order valence-corrected chi connectivity index (χ3v) is 4.94. The van der Waals surface area contributed by atoms with Crippen molar-refractivity contribution in [2.75, 3.05) is 4.90 Å². The number of amides is 1. The van der Waals surface area contributed by atoms with E-state index in [1.54, 1.807) is 11.8 Å². The van der Waals surface area contributed by atoms with Crippen LogP contribution < -0.4 is 4.90 Å². The Morgan fingerprint density at radius 3 is 2.79 bits per heavy atom. The number of anilines is 1. The van der Waals surface area contributed by atoms with Crippen molar-refractivity contribution in [3.05, 3.63) is 29.8 Å². The zero-order valence-electron chi connectivity index (χ0n) is 11.5. The number of aliphatic imine (C=N–C) groups is 1. The first-order chi connectivity index (χ1) is 8.99. The highest BCUT2D eigenvalue weighted by molar-refractivity contribution is 8.16. The zero-order chi connectivity index (χ0) is 13.6. The topological polar surface area (TPSA) is 32.7 Å². The molecule has 2 aliphatic rings. The summed E-state index contributed by atoms with van der Waals surface area (Å²) in [6.07, 6.45) is 2.20. The molecule has 3 nitrogen and oxygen atoms in total. The summed E-state index contributed by atoms with van der Waals surface area (Å²) in [5.74, 6) is -0.0252. The number of rotatable bonds is 0. The van der Waals surface area contributed by atoms with Gasteiger partial charge in [-0.15, -0.1) is 0 Å². The van der Waals surface area contributed by atoms with E-state index in [-0.39, 0.29) is 5.91 Å². The highest BCUT2D eigenvalue weighted by atomic mass is 32.2. The van der Waals surface area contributed by atoms with Gasteiger partial charge >= 0.3 is 0 Å². The van der Waals surface area contributed by atoms with Gasteiger partial charge in [-0.25, -0.2) is 0 Å². The maximum atomic E-state index is 11.9. The van der Waals surface area contributed by atoms with Gasteiger partial charge < -0.3 is 4.90 Å². The quantitative estimate of drug-likeness (QED) is 0.728. The molecule has 2 aliphatic heterocycles. The van der Waals surface area contributed by atoms with Crippen molar-refractivity contribution >= 4 is 28.5 Å². The highest BCUT2D eigenvalue weighted by Gasteiger charge is 2.40. The zero-order valence-corrected chi connectivity index (χ0v) is 12.3. The van der Waals surface area contributed by atoms with Gasteiger partial charge in [0.15, 0.2) is 5.17 Å². The van der Waals surface area contributed by atoms with Crippen LogP contribution in [-0.4, -0.2) is 21.9 Å². The fraction of sp³-hybridized carbons (Fsp3) is 0.467. The number of para-hydroxylation sites is 1. The molecule has 0 bridgehead atoms. The fourth-order valence-electron chi connectivity index (χ4n) is 2.60. The lowest BCUT2D eigenvalue weighted by Gasteiger charge is -2.36. The second-order valence-corrected chi connectivity index (χ2v) is 7.29. The molecule has 19 heavy (non-hydrogen) atoms. The lowest BCUT2D eigenvalue weighted by molar-refractivity contribution is -0.119. The first-order valence-electron chi connectivity index (χ1n) is 6.68. The molecule has 2 heterocycles. The molecule has 0 aromatic heterocycles. The average Bonchev–Trinajstić information content (AvgIpc) is 2.63. The van der Waals surface area contributed by atoms with Crippen molar-refractivity contribution < 1.29 is 4.79 Å². The molecule has 0 N–H and O–H groups in total. The van der Waals surface area contributed by atoms with Crippen LogP contribution in [0.2, 0.25) is 0 Å². The van der Waals surface area contributed by atoms with E-state index in [1.165, 1.54) is 11.3 Å². The van der Waals surface area contributed by atoms with E-state index in [4.69, 9.17) is 0 Å². The molecule has 1 unspecified atom stereocenters. The van der Waals surface area contributed by atoms with Crippen molar-refractivity contribution in [3.8, 4) is 0 Å². The summed E-state index contributed by atoms with van der Waals surface area (Å²) in [7, 11) is 0. The van der Waals surface area contributed by atoms with Gasteiger partial charge in [0.2, 0.25) is 0 Å². The van der Waals surface area contributed by atoms with Crippen LogP contribution in [0.3, 0.4) is 0 Å². The maximum Gasteiger partial charge on any atom is 0.264 e. The van der Waals surface area contributed by atoms with Gasteiger partial charge in [0.25, 0.3) is 5.91 Å². The van der Waals surface area contributed by atoms with E-state index in [1.807, 2.05) is 13.8 Å². The van der Waals surface area contributed by atoms with E-state index in [0.29, 0.717) is 6.04 Å². The van der Waals surface area contributed by atoms with Crippen LogP contribution in [0, 0.1) is 0 Å². The standard InChI is InChI=1S/C15H18N2OS/c1-10-8-9-11-6-4-5-7-12(11)17(10)14-16-13(18)15(2,3)19-14/h4-7,10H,8-9H2,1-3H3. The summed E-state index contributed by atoms with van der Waals surface area (Å²) >= 11 is 1.58. The molecule has 1 amide bonds. The van der Waals surface area contributed by atoms with Crippen LogP contribution in [0.5, 0.6) is 0 Å². The van der Waals surface area contributed by atoms with Crippen LogP contribution in [0.4, 0.5) is 5.69 Å². The van der Waals surface area contributed by atoms with Gasteiger partial charge in [0, 0.05) is 11.7 Å². The molecule has 3 rings (SSSR count). The Morgan fingerprint density at radius 2 is 2.11 bits per heavy atom. The predicted octanol–water partition coefficient (Wildman–Crippen LogP) is 3.24. The second-order valence-electron chi connectivity index (χ2n) is 5.70. The number of carbonyl (C=O) groups is 1. The van der Waals surface area contributed by atoms with E-state index in [9.17, 15) is 4.79 Å². The van der Waals surface area contributed by atoms with E-state index >= 15 is 0 Å². The lowest BCUT2D eigenvalue weighted by Crippen LogP contribution is -2.40. The predicted molar refractivity (Wildman–Crippen MR) is 80.8 cm³/mol. The number of carbonyl (C=O) groups excluding carboxylic acids is 1. The largest absolute Gasteiger partial charge is 0.318 e. The molecular weight excluding hydrogens is 256 g/mol. The molecule has 0 spiro atoms. The normalized spacial score (nSPS) is 25.2. The first kappa shape index (κ1) is 12.7. The van der Waals surface area contributed by atoms with Gasteiger partial charge in [0.1, 0.15) is 0 Å². The molecule has 1 aromatic rings. The molecule has 0 aliphatic carbocycles. The SMILES string of the molecule is CC1CCc2ccccc2N1C1=NC(=O)C(C)(C)S1. The molecule has 0 radical (unpaired) electrons. The summed E-state index contributed by atoms with van der Waals surface area (Å²) in [6, 6.07) is 8.82. The average molecular weight is 274 g/mol. The number of hydrogen-bond acceptors (Lipinski definition) is 3. The summed E-state index contributed by atoms with van der Waals surface area (Å²) in [5, 5.41) is 0.856. The molecule has 4 heteroatoms. The minimum absolute atomic E-state index is 0.0252. The minimum atomic E-state index is -0.429. The first-order valence-corrected chi connectivity index (χ1v) is 7.50. The smallest absolute Gasteiger partial charge is 0.264 e. The third kappa shape index (κ3) is 2.08.